The molecular weight excluding hydrogens is 154 g/mol. The van der Waals surface area contributed by atoms with Crippen LogP contribution in [0, 0.1) is 5.41 Å². The second-order valence-corrected chi connectivity index (χ2v) is 4.26. The van der Waals surface area contributed by atoms with Crippen LogP contribution in [0.25, 0.3) is 0 Å². The summed E-state index contributed by atoms with van der Waals surface area (Å²) in [6.07, 6.45) is 1.20. The van der Waals surface area contributed by atoms with Crippen molar-refractivity contribution in [3.05, 3.63) is 0 Å². The summed E-state index contributed by atoms with van der Waals surface area (Å²) in [5.74, 6) is 0. The maximum absolute atomic E-state index is 4.86. The Labute approximate surface area is 75.8 Å². The molecule has 0 fully saturated rings. The van der Waals surface area contributed by atoms with Gasteiger partial charge in [0.25, 0.3) is 0 Å². The Balaban J connectivity index is 3.59. The summed E-state index contributed by atoms with van der Waals surface area (Å²) in [6.45, 7) is 11.0. The smallest absolute Gasteiger partial charge is 0.0640 e. The molecule has 0 spiro atoms. The van der Waals surface area contributed by atoms with Gasteiger partial charge in [-0.25, -0.2) is 0 Å². The summed E-state index contributed by atoms with van der Waals surface area (Å²) in [5.41, 5.74) is 2.18. The lowest BCUT2D eigenvalue weighted by Gasteiger charge is -2.23. The first-order valence-corrected chi connectivity index (χ1v) is 4.66. The van der Waals surface area contributed by atoms with Crippen molar-refractivity contribution in [2.45, 2.75) is 34.1 Å². The summed E-state index contributed by atoms with van der Waals surface area (Å²) in [6, 6.07) is 0. The molecule has 0 rings (SSSR count). The van der Waals surface area contributed by atoms with E-state index < -0.39 is 0 Å². The molecule has 0 saturated carbocycles. The van der Waals surface area contributed by atoms with Crippen molar-refractivity contribution in [3.8, 4) is 0 Å². The van der Waals surface area contributed by atoms with E-state index >= 15 is 0 Å². The molecule has 0 saturated heterocycles. The van der Waals surface area contributed by atoms with Gasteiger partial charge in [-0.3, -0.25) is 0 Å². The second kappa shape index (κ2) is 4.70. The van der Waals surface area contributed by atoms with Crippen LogP contribution in [0.5, 0.6) is 0 Å². The zero-order valence-electron chi connectivity index (χ0n) is 8.05. The second-order valence-electron chi connectivity index (χ2n) is 4.04. The highest BCUT2D eigenvalue weighted by molar-refractivity contribution is 7.78. The standard InChI is InChI=1S/C9H19NS/c1-5-10(8-11)7-6-9(2,3)4/h8H,5-7H2,1-4H3. The van der Waals surface area contributed by atoms with Crippen LogP contribution in [0.2, 0.25) is 0 Å². The van der Waals surface area contributed by atoms with Crippen molar-refractivity contribution < 1.29 is 0 Å². The van der Waals surface area contributed by atoms with E-state index in [-0.39, 0.29) is 0 Å². The molecule has 11 heavy (non-hydrogen) atoms. The Bertz CT molecular complexity index is 115. The molecule has 0 aromatic carbocycles. The van der Waals surface area contributed by atoms with Crippen molar-refractivity contribution in [1.29, 1.82) is 0 Å². The molecule has 0 aliphatic heterocycles. The molecule has 0 aromatic heterocycles. The first kappa shape index (κ1) is 10.9. The summed E-state index contributed by atoms with van der Waals surface area (Å²) in [7, 11) is 0. The van der Waals surface area contributed by atoms with Crippen molar-refractivity contribution in [1.82, 2.24) is 4.90 Å². The van der Waals surface area contributed by atoms with E-state index in [0.717, 1.165) is 13.1 Å². The molecule has 0 aliphatic rings. The molecule has 0 radical (unpaired) electrons. The van der Waals surface area contributed by atoms with Gasteiger partial charge in [0.05, 0.1) is 5.49 Å². The molecule has 0 N–H and O–H groups in total. The zero-order chi connectivity index (χ0) is 8.91. The number of nitrogens with zero attached hydrogens (tertiary/aromatic N) is 1. The van der Waals surface area contributed by atoms with Crippen LogP contribution >= 0.6 is 12.2 Å². The third-order valence-electron chi connectivity index (χ3n) is 1.70. The quantitative estimate of drug-likeness (QED) is 0.601. The van der Waals surface area contributed by atoms with Gasteiger partial charge in [0.15, 0.2) is 0 Å². The van der Waals surface area contributed by atoms with E-state index in [4.69, 9.17) is 12.2 Å². The van der Waals surface area contributed by atoms with Gasteiger partial charge in [0.1, 0.15) is 0 Å². The molecule has 2 heteroatoms. The molecule has 0 unspecified atom stereocenters. The number of hydrogen-bond acceptors (Lipinski definition) is 1. The maximum atomic E-state index is 4.86. The maximum Gasteiger partial charge on any atom is 0.0640 e. The van der Waals surface area contributed by atoms with Crippen molar-refractivity contribution in [3.63, 3.8) is 0 Å². The molecule has 0 bridgehead atoms. The number of rotatable bonds is 4. The fourth-order valence-electron chi connectivity index (χ4n) is 0.764. The predicted octanol–water partition coefficient (Wildman–Crippen LogP) is 2.70. The Morgan fingerprint density at radius 2 is 1.91 bits per heavy atom. The van der Waals surface area contributed by atoms with E-state index in [1.54, 1.807) is 5.49 Å². The predicted molar refractivity (Wildman–Crippen MR) is 55.0 cm³/mol. The SMILES string of the molecule is CCN(C=S)CCC(C)(C)C. The number of hydrogen-bond donors (Lipinski definition) is 0. The Kier molecular flexibility index (Phi) is 4.66. The van der Waals surface area contributed by atoms with E-state index in [2.05, 4.69) is 32.6 Å². The third-order valence-corrected chi connectivity index (χ3v) is 2.00. The average molecular weight is 173 g/mol. The first-order valence-electron chi connectivity index (χ1n) is 4.19. The lowest BCUT2D eigenvalue weighted by Crippen LogP contribution is -2.25. The van der Waals surface area contributed by atoms with Gasteiger partial charge >= 0.3 is 0 Å². The monoisotopic (exact) mass is 173 g/mol. The molecule has 0 amide bonds. The Morgan fingerprint density at radius 1 is 1.36 bits per heavy atom. The van der Waals surface area contributed by atoms with Crippen LogP contribution in [-0.4, -0.2) is 23.5 Å². The van der Waals surface area contributed by atoms with E-state index in [1.165, 1.54) is 6.42 Å². The van der Waals surface area contributed by atoms with Crippen LogP contribution in [0.1, 0.15) is 34.1 Å². The van der Waals surface area contributed by atoms with Crippen molar-refractivity contribution in [2.75, 3.05) is 13.1 Å². The van der Waals surface area contributed by atoms with Gasteiger partial charge in [-0.15, -0.1) is 0 Å². The van der Waals surface area contributed by atoms with Crippen LogP contribution < -0.4 is 0 Å². The summed E-state index contributed by atoms with van der Waals surface area (Å²) < 4.78 is 0. The third kappa shape index (κ3) is 6.29. The first-order chi connectivity index (χ1) is 4.99. The van der Waals surface area contributed by atoms with E-state index in [1.807, 2.05) is 0 Å². The van der Waals surface area contributed by atoms with Crippen molar-refractivity contribution in [2.24, 2.45) is 5.41 Å². The van der Waals surface area contributed by atoms with Crippen LogP contribution in [0.4, 0.5) is 0 Å². The molecular formula is C9H19NS. The van der Waals surface area contributed by atoms with Gasteiger partial charge in [-0.2, -0.15) is 0 Å². The van der Waals surface area contributed by atoms with E-state index in [9.17, 15) is 0 Å². The van der Waals surface area contributed by atoms with Gasteiger partial charge in [0, 0.05) is 13.1 Å². The van der Waals surface area contributed by atoms with Crippen LogP contribution in [0.15, 0.2) is 0 Å². The zero-order valence-corrected chi connectivity index (χ0v) is 8.87. The molecule has 0 atom stereocenters. The fraction of sp³-hybridized carbons (Fsp3) is 0.889. The molecule has 0 aliphatic carbocycles. The topological polar surface area (TPSA) is 3.24 Å². The summed E-state index contributed by atoms with van der Waals surface area (Å²) in [4.78, 5) is 2.17. The normalized spacial score (nSPS) is 11.3. The molecule has 66 valence electrons. The number of thiocarbonyl (C=S) groups is 1. The Hall–Kier alpha value is -0.110. The van der Waals surface area contributed by atoms with Crippen LogP contribution in [0.3, 0.4) is 0 Å². The van der Waals surface area contributed by atoms with Gasteiger partial charge in [0.2, 0.25) is 0 Å². The van der Waals surface area contributed by atoms with Gasteiger partial charge < -0.3 is 4.90 Å². The van der Waals surface area contributed by atoms with Gasteiger partial charge in [-0.1, -0.05) is 33.0 Å². The molecule has 0 heterocycles. The van der Waals surface area contributed by atoms with Crippen LogP contribution in [-0.2, 0) is 0 Å². The Morgan fingerprint density at radius 3 is 2.18 bits per heavy atom. The largest absolute Gasteiger partial charge is 0.369 e. The van der Waals surface area contributed by atoms with Crippen molar-refractivity contribution >= 4 is 17.7 Å². The minimum absolute atomic E-state index is 0.422. The fourth-order valence-corrected chi connectivity index (χ4v) is 1.02. The highest BCUT2D eigenvalue weighted by Gasteiger charge is 2.10. The average Bonchev–Trinajstić information content (AvgIpc) is 1.88. The molecule has 0 aromatic rings. The lowest BCUT2D eigenvalue weighted by atomic mass is 9.92. The highest BCUT2D eigenvalue weighted by atomic mass is 32.1. The minimum Gasteiger partial charge on any atom is -0.369 e. The minimum atomic E-state index is 0.422. The summed E-state index contributed by atoms with van der Waals surface area (Å²) >= 11 is 4.86. The lowest BCUT2D eigenvalue weighted by molar-refractivity contribution is 0.318. The van der Waals surface area contributed by atoms with E-state index in [0.29, 0.717) is 5.41 Å². The van der Waals surface area contributed by atoms with Gasteiger partial charge in [-0.05, 0) is 18.8 Å². The molecule has 1 nitrogen and oxygen atoms in total. The summed E-state index contributed by atoms with van der Waals surface area (Å²) in [5, 5.41) is 0. The highest BCUT2D eigenvalue weighted by Crippen LogP contribution is 2.18.